The third kappa shape index (κ3) is 6.72. The van der Waals surface area contributed by atoms with Gasteiger partial charge in [0.05, 0.1) is 35.8 Å². The summed E-state index contributed by atoms with van der Waals surface area (Å²) in [4.78, 5) is 19.0. The molecule has 9 nitrogen and oxygen atoms in total. The van der Waals surface area contributed by atoms with Crippen LogP contribution in [0.1, 0.15) is 17.7 Å². The first-order valence-electron chi connectivity index (χ1n) is 10.3. The van der Waals surface area contributed by atoms with Crippen molar-refractivity contribution in [2.75, 3.05) is 58.6 Å². The van der Waals surface area contributed by atoms with Gasteiger partial charge in [-0.15, -0.1) is 0 Å². The average Bonchev–Trinajstić information content (AvgIpc) is 2.76. The minimum absolute atomic E-state index is 0.0315. The number of hydrogen-bond acceptors (Lipinski definition) is 8. The van der Waals surface area contributed by atoms with E-state index >= 15 is 0 Å². The highest BCUT2D eigenvalue weighted by atomic mass is 19.4. The number of rotatable bonds is 9. The van der Waals surface area contributed by atoms with Crippen LogP contribution in [-0.2, 0) is 11.0 Å². The van der Waals surface area contributed by atoms with Crippen LogP contribution in [0.4, 0.5) is 24.5 Å². The number of pyridine rings is 1. The van der Waals surface area contributed by atoms with Crippen LogP contribution in [0, 0.1) is 11.3 Å². The molecule has 0 radical (unpaired) electrons. The minimum Gasteiger partial charge on any atom is -0.493 e. The number of nitriles is 1. The van der Waals surface area contributed by atoms with Crippen molar-refractivity contribution in [3.8, 4) is 23.1 Å². The van der Waals surface area contributed by atoms with Gasteiger partial charge in [-0.05, 0) is 37.7 Å². The van der Waals surface area contributed by atoms with Crippen molar-refractivity contribution in [3.05, 3.63) is 35.5 Å². The molecule has 4 N–H and O–H groups in total. The topological polar surface area (TPSA) is 125 Å². The number of alkyl halides is 3. The molecule has 12 heteroatoms. The number of nitrogens with two attached hydrogens (primary N) is 2. The lowest BCUT2D eigenvalue weighted by atomic mass is 10.0. The second kappa shape index (κ2) is 11.0. The van der Waals surface area contributed by atoms with Crippen molar-refractivity contribution in [1.82, 2.24) is 14.8 Å². The lowest BCUT2D eigenvalue weighted by molar-refractivity contribution is -0.139. The van der Waals surface area contributed by atoms with Crippen molar-refractivity contribution in [1.29, 1.82) is 5.26 Å². The Balaban J connectivity index is 2.23. The van der Waals surface area contributed by atoms with Gasteiger partial charge in [-0.25, -0.2) is 10.8 Å². The summed E-state index contributed by atoms with van der Waals surface area (Å²) in [6, 6.07) is 6.79. The second-order valence-electron chi connectivity index (χ2n) is 7.95. The molecule has 1 amide bonds. The van der Waals surface area contributed by atoms with Gasteiger partial charge in [-0.3, -0.25) is 9.69 Å². The zero-order valence-corrected chi connectivity index (χ0v) is 19.5. The lowest BCUT2D eigenvalue weighted by Crippen LogP contribution is -2.35. The number of benzene rings is 1. The van der Waals surface area contributed by atoms with Gasteiger partial charge in [-0.1, -0.05) is 0 Å². The minimum atomic E-state index is -4.68. The SMILES string of the molecule is CN(CCCOc1ccc(-c2cc(N(C)N)c(N)c(C#N)n2)cc1C(F)(F)F)CC(=O)N(C)C. The Morgan fingerprint density at radius 3 is 2.44 bits per heavy atom. The molecule has 0 fully saturated rings. The number of nitrogens with zero attached hydrogens (tertiary/aromatic N) is 5. The molecule has 0 atom stereocenters. The maximum atomic E-state index is 13.8. The fourth-order valence-corrected chi connectivity index (χ4v) is 3.07. The van der Waals surface area contributed by atoms with Crippen molar-refractivity contribution < 1.29 is 22.7 Å². The molecular weight excluding hydrogens is 451 g/mol. The maximum absolute atomic E-state index is 13.8. The van der Waals surface area contributed by atoms with E-state index in [2.05, 4.69) is 4.98 Å². The van der Waals surface area contributed by atoms with Crippen LogP contribution in [0.2, 0.25) is 0 Å². The van der Waals surface area contributed by atoms with Gasteiger partial charge in [0.2, 0.25) is 5.91 Å². The van der Waals surface area contributed by atoms with Gasteiger partial charge in [-0.2, -0.15) is 18.4 Å². The van der Waals surface area contributed by atoms with Crippen molar-refractivity contribution in [3.63, 3.8) is 0 Å². The summed E-state index contributed by atoms with van der Waals surface area (Å²) in [7, 11) is 6.54. The number of ether oxygens (including phenoxy) is 1. The lowest BCUT2D eigenvalue weighted by Gasteiger charge is -2.20. The Kier molecular flexibility index (Phi) is 8.67. The number of amides is 1. The summed E-state index contributed by atoms with van der Waals surface area (Å²) >= 11 is 0. The van der Waals surface area contributed by atoms with Crippen molar-refractivity contribution >= 4 is 17.3 Å². The molecule has 0 spiro atoms. The molecule has 2 rings (SSSR count). The highest BCUT2D eigenvalue weighted by Crippen LogP contribution is 2.39. The second-order valence-corrected chi connectivity index (χ2v) is 7.95. The first-order chi connectivity index (χ1) is 15.8. The van der Waals surface area contributed by atoms with E-state index in [0.717, 1.165) is 11.1 Å². The summed E-state index contributed by atoms with van der Waals surface area (Å²) in [5.74, 6) is 5.34. The Hall–Kier alpha value is -3.56. The van der Waals surface area contributed by atoms with E-state index in [1.165, 1.54) is 30.1 Å². The molecule has 0 unspecified atom stereocenters. The smallest absolute Gasteiger partial charge is 0.419 e. The molecule has 34 heavy (non-hydrogen) atoms. The molecule has 1 heterocycles. The van der Waals surface area contributed by atoms with Crippen LogP contribution in [0.3, 0.4) is 0 Å². The molecule has 0 aliphatic carbocycles. The number of likely N-dealkylation sites (N-methyl/N-ethyl adjacent to an activating group) is 2. The summed E-state index contributed by atoms with van der Waals surface area (Å²) in [5, 5.41) is 10.4. The van der Waals surface area contributed by atoms with Crippen LogP contribution < -0.4 is 21.3 Å². The van der Waals surface area contributed by atoms with E-state index < -0.39 is 11.7 Å². The number of hydrogen-bond donors (Lipinski definition) is 2. The number of nitrogen functional groups attached to an aromatic ring is 1. The van der Waals surface area contributed by atoms with Gasteiger partial charge in [0.25, 0.3) is 0 Å². The Morgan fingerprint density at radius 2 is 1.88 bits per heavy atom. The predicted molar refractivity (Wildman–Crippen MR) is 123 cm³/mol. The number of carbonyl (C=O) groups excluding carboxylic acids is 1. The van der Waals surface area contributed by atoms with E-state index in [4.69, 9.17) is 16.3 Å². The Morgan fingerprint density at radius 1 is 1.21 bits per heavy atom. The predicted octanol–water partition coefficient (Wildman–Crippen LogP) is 2.32. The molecule has 1 aromatic carbocycles. The van der Waals surface area contributed by atoms with E-state index in [1.54, 1.807) is 26.0 Å². The highest BCUT2D eigenvalue weighted by molar-refractivity contribution is 5.78. The maximum Gasteiger partial charge on any atom is 0.419 e. The number of aromatic nitrogens is 1. The molecule has 0 aliphatic rings. The first kappa shape index (κ1) is 26.7. The zero-order valence-electron chi connectivity index (χ0n) is 19.5. The summed E-state index contributed by atoms with van der Waals surface area (Å²) in [6.45, 7) is 0.708. The van der Waals surface area contributed by atoms with Gasteiger partial charge < -0.3 is 20.4 Å². The number of carbonyl (C=O) groups is 1. The number of anilines is 2. The molecular formula is C22H28F3N7O2. The molecule has 2 aromatic rings. The van der Waals surface area contributed by atoms with Crippen molar-refractivity contribution in [2.24, 2.45) is 5.84 Å². The first-order valence-corrected chi connectivity index (χ1v) is 10.3. The molecule has 0 aliphatic heterocycles. The Labute approximate surface area is 196 Å². The summed E-state index contributed by atoms with van der Waals surface area (Å²) < 4.78 is 46.7. The molecule has 0 saturated heterocycles. The average molecular weight is 480 g/mol. The number of halogens is 3. The standard InChI is InChI=1S/C22H28F3N7O2/c1-30(2)20(33)13-31(3)8-5-9-34-19-7-6-14(10-15(19)22(23,24)25)16-11-18(32(4)28)21(27)17(12-26)29-16/h6-7,10-11H,5,8-9,13,27-28H2,1-4H3. The van der Waals surface area contributed by atoms with Gasteiger partial charge >= 0.3 is 6.18 Å². The van der Waals surface area contributed by atoms with Crippen LogP contribution in [0.5, 0.6) is 5.75 Å². The summed E-state index contributed by atoms with van der Waals surface area (Å²) in [6.07, 6.45) is -4.26. The molecule has 0 bridgehead atoms. The van der Waals surface area contributed by atoms with Crippen molar-refractivity contribution in [2.45, 2.75) is 12.6 Å². The third-order valence-electron chi connectivity index (χ3n) is 4.95. The van der Waals surface area contributed by atoms with Crippen LogP contribution in [0.25, 0.3) is 11.3 Å². The van der Waals surface area contributed by atoms with Crippen LogP contribution in [-0.4, -0.2) is 68.6 Å². The van der Waals surface area contributed by atoms with E-state index in [1.807, 2.05) is 6.07 Å². The highest BCUT2D eigenvalue weighted by Gasteiger charge is 2.35. The quantitative estimate of drug-likeness (QED) is 0.319. The van der Waals surface area contributed by atoms with Crippen LogP contribution in [0.15, 0.2) is 24.3 Å². The fourth-order valence-electron chi connectivity index (χ4n) is 3.07. The number of hydrazine groups is 1. The molecule has 1 aromatic heterocycles. The van der Waals surface area contributed by atoms with E-state index in [9.17, 15) is 23.2 Å². The normalized spacial score (nSPS) is 11.3. The molecule has 0 saturated carbocycles. The summed E-state index contributed by atoms with van der Waals surface area (Å²) in [5.41, 5.74) is 5.28. The Bertz CT molecular complexity index is 1070. The molecule has 184 valence electrons. The largest absolute Gasteiger partial charge is 0.493 e. The van der Waals surface area contributed by atoms with Gasteiger partial charge in [0.15, 0.2) is 5.69 Å². The van der Waals surface area contributed by atoms with E-state index in [0.29, 0.717) is 13.0 Å². The third-order valence-corrected chi connectivity index (χ3v) is 4.95. The van der Waals surface area contributed by atoms with E-state index in [-0.39, 0.29) is 53.1 Å². The van der Waals surface area contributed by atoms with Gasteiger partial charge in [0, 0.05) is 33.3 Å². The monoisotopic (exact) mass is 479 g/mol. The zero-order chi connectivity index (χ0) is 25.6. The fraction of sp³-hybridized carbons (Fsp3) is 0.409. The van der Waals surface area contributed by atoms with Gasteiger partial charge in [0.1, 0.15) is 11.8 Å². The van der Waals surface area contributed by atoms with Crippen LogP contribution >= 0.6 is 0 Å².